The SMILES string of the molecule is O=C(Nc1ccc([N+](=O)[O-])cc1)Nc1nnc(CCc2ccccc2)s1. The van der Waals surface area contributed by atoms with Crippen molar-refractivity contribution in [3.8, 4) is 0 Å². The fourth-order valence-electron chi connectivity index (χ4n) is 2.23. The first kappa shape index (κ1) is 17.5. The predicted octanol–water partition coefficient (Wildman–Crippen LogP) is 3.88. The topological polar surface area (TPSA) is 110 Å². The Morgan fingerprint density at radius 1 is 1.00 bits per heavy atom. The molecular formula is C17H15N5O3S. The van der Waals surface area contributed by atoms with Gasteiger partial charge in [0.05, 0.1) is 4.92 Å². The Kier molecular flexibility index (Phi) is 5.49. The fraction of sp³-hybridized carbons (Fsp3) is 0.118. The van der Waals surface area contributed by atoms with Crippen molar-refractivity contribution in [2.75, 3.05) is 10.6 Å². The van der Waals surface area contributed by atoms with Crippen LogP contribution in [0.3, 0.4) is 0 Å². The molecule has 0 bridgehead atoms. The molecule has 1 heterocycles. The Hall–Kier alpha value is -3.33. The van der Waals surface area contributed by atoms with E-state index in [1.807, 2.05) is 18.2 Å². The number of amides is 2. The minimum atomic E-state index is -0.498. The lowest BCUT2D eigenvalue weighted by molar-refractivity contribution is -0.384. The number of nitro groups is 1. The van der Waals surface area contributed by atoms with Crippen LogP contribution < -0.4 is 10.6 Å². The zero-order valence-electron chi connectivity index (χ0n) is 13.6. The zero-order valence-corrected chi connectivity index (χ0v) is 14.4. The summed E-state index contributed by atoms with van der Waals surface area (Å²) < 4.78 is 0. The maximum Gasteiger partial charge on any atom is 0.325 e. The molecule has 2 amide bonds. The van der Waals surface area contributed by atoms with Crippen LogP contribution in [0.2, 0.25) is 0 Å². The molecule has 0 radical (unpaired) electrons. The van der Waals surface area contributed by atoms with Gasteiger partial charge in [0.2, 0.25) is 5.13 Å². The molecule has 0 aliphatic rings. The number of hydrogen-bond acceptors (Lipinski definition) is 6. The standard InChI is InChI=1S/C17H15N5O3S/c23-16(18-13-7-9-14(10-8-13)22(24)25)19-17-21-20-15(26-17)11-6-12-4-2-1-3-5-12/h1-5,7-10H,6,11H2,(H2,18,19,21,23). The molecule has 0 atom stereocenters. The van der Waals surface area contributed by atoms with E-state index in [2.05, 4.69) is 33.0 Å². The van der Waals surface area contributed by atoms with Gasteiger partial charge in [0.1, 0.15) is 5.01 Å². The molecule has 0 fully saturated rings. The third-order valence-corrected chi connectivity index (χ3v) is 4.39. The minimum absolute atomic E-state index is 0.0388. The molecule has 2 N–H and O–H groups in total. The van der Waals surface area contributed by atoms with Crippen LogP contribution in [-0.2, 0) is 12.8 Å². The predicted molar refractivity (Wildman–Crippen MR) is 99.5 cm³/mol. The molecule has 1 aromatic heterocycles. The van der Waals surface area contributed by atoms with Gasteiger partial charge >= 0.3 is 6.03 Å². The summed E-state index contributed by atoms with van der Waals surface area (Å²) in [6.45, 7) is 0. The molecule has 0 unspecified atom stereocenters. The van der Waals surface area contributed by atoms with E-state index in [1.54, 1.807) is 0 Å². The Balaban J connectivity index is 1.51. The second-order valence-corrected chi connectivity index (χ2v) is 6.43. The van der Waals surface area contributed by atoms with Gasteiger partial charge in [0, 0.05) is 24.2 Å². The van der Waals surface area contributed by atoms with Crippen LogP contribution in [-0.4, -0.2) is 21.2 Å². The van der Waals surface area contributed by atoms with E-state index < -0.39 is 11.0 Å². The Labute approximate surface area is 153 Å². The molecule has 3 aromatic rings. The molecule has 0 saturated carbocycles. The van der Waals surface area contributed by atoms with Crippen LogP contribution in [0, 0.1) is 10.1 Å². The number of hydrogen-bond donors (Lipinski definition) is 2. The third kappa shape index (κ3) is 4.84. The number of aromatic nitrogens is 2. The minimum Gasteiger partial charge on any atom is -0.308 e. The Morgan fingerprint density at radius 3 is 2.42 bits per heavy atom. The van der Waals surface area contributed by atoms with Gasteiger partial charge in [-0.1, -0.05) is 41.7 Å². The van der Waals surface area contributed by atoms with Crippen molar-refractivity contribution < 1.29 is 9.72 Å². The fourth-order valence-corrected chi connectivity index (χ4v) is 2.96. The van der Waals surface area contributed by atoms with Gasteiger partial charge < -0.3 is 5.32 Å². The van der Waals surface area contributed by atoms with Gasteiger partial charge in [-0.2, -0.15) is 0 Å². The van der Waals surface area contributed by atoms with Crippen molar-refractivity contribution in [3.63, 3.8) is 0 Å². The first-order valence-corrected chi connectivity index (χ1v) is 8.60. The maximum absolute atomic E-state index is 12.0. The van der Waals surface area contributed by atoms with Crippen LogP contribution in [0.5, 0.6) is 0 Å². The largest absolute Gasteiger partial charge is 0.325 e. The number of nitro benzene ring substituents is 1. The number of nitrogens with one attached hydrogen (secondary N) is 2. The van der Waals surface area contributed by atoms with E-state index in [1.165, 1.54) is 41.2 Å². The van der Waals surface area contributed by atoms with Gasteiger partial charge in [-0.25, -0.2) is 4.79 Å². The summed E-state index contributed by atoms with van der Waals surface area (Å²) >= 11 is 1.31. The second-order valence-electron chi connectivity index (χ2n) is 5.37. The summed E-state index contributed by atoms with van der Waals surface area (Å²) in [6, 6.07) is 15.1. The number of nitrogens with zero attached hydrogens (tertiary/aromatic N) is 3. The van der Waals surface area contributed by atoms with Crippen LogP contribution in [0.15, 0.2) is 54.6 Å². The molecule has 0 spiro atoms. The van der Waals surface area contributed by atoms with Crippen LogP contribution in [0.1, 0.15) is 10.6 Å². The summed E-state index contributed by atoms with van der Waals surface area (Å²) in [5, 5.41) is 25.1. The number of carbonyl (C=O) groups excluding carboxylic acids is 1. The van der Waals surface area contributed by atoms with E-state index in [4.69, 9.17) is 0 Å². The first-order valence-electron chi connectivity index (χ1n) is 7.79. The normalized spacial score (nSPS) is 10.3. The molecule has 8 nitrogen and oxygen atoms in total. The lowest BCUT2D eigenvalue weighted by Crippen LogP contribution is -2.19. The first-order chi connectivity index (χ1) is 12.6. The van der Waals surface area contributed by atoms with Gasteiger partial charge in [-0.15, -0.1) is 10.2 Å². The molecule has 26 heavy (non-hydrogen) atoms. The van der Waals surface area contributed by atoms with E-state index in [0.717, 1.165) is 17.8 Å². The number of rotatable bonds is 6. The van der Waals surface area contributed by atoms with E-state index in [9.17, 15) is 14.9 Å². The van der Waals surface area contributed by atoms with Crippen LogP contribution in [0.4, 0.5) is 21.3 Å². The highest BCUT2D eigenvalue weighted by Crippen LogP contribution is 2.19. The van der Waals surface area contributed by atoms with Crippen molar-refractivity contribution >= 4 is 33.9 Å². The average Bonchev–Trinajstić information content (AvgIpc) is 3.08. The lowest BCUT2D eigenvalue weighted by atomic mass is 10.1. The van der Waals surface area contributed by atoms with Gasteiger partial charge in [-0.05, 0) is 24.1 Å². The lowest BCUT2D eigenvalue weighted by Gasteiger charge is -2.04. The van der Waals surface area contributed by atoms with Crippen molar-refractivity contribution in [1.29, 1.82) is 0 Å². The molecule has 3 rings (SSSR count). The molecule has 132 valence electrons. The molecular weight excluding hydrogens is 354 g/mol. The summed E-state index contributed by atoms with van der Waals surface area (Å²) in [6.07, 6.45) is 1.60. The summed E-state index contributed by atoms with van der Waals surface area (Å²) in [4.78, 5) is 22.1. The summed E-state index contributed by atoms with van der Waals surface area (Å²) in [5.41, 5.74) is 1.62. The van der Waals surface area contributed by atoms with E-state index in [0.29, 0.717) is 10.8 Å². The molecule has 9 heteroatoms. The van der Waals surface area contributed by atoms with Crippen molar-refractivity contribution in [3.05, 3.63) is 75.3 Å². The van der Waals surface area contributed by atoms with Gasteiger partial charge in [-0.3, -0.25) is 15.4 Å². The van der Waals surface area contributed by atoms with Crippen molar-refractivity contribution in [1.82, 2.24) is 10.2 Å². The van der Waals surface area contributed by atoms with Crippen LogP contribution >= 0.6 is 11.3 Å². The van der Waals surface area contributed by atoms with E-state index >= 15 is 0 Å². The molecule has 2 aromatic carbocycles. The third-order valence-electron chi connectivity index (χ3n) is 3.49. The zero-order chi connectivity index (χ0) is 18.4. The molecule has 0 aliphatic heterocycles. The molecule has 0 saturated heterocycles. The van der Waals surface area contributed by atoms with E-state index in [-0.39, 0.29) is 5.69 Å². The highest BCUT2D eigenvalue weighted by atomic mass is 32.1. The Morgan fingerprint density at radius 2 is 1.73 bits per heavy atom. The van der Waals surface area contributed by atoms with Crippen LogP contribution in [0.25, 0.3) is 0 Å². The smallest absolute Gasteiger partial charge is 0.308 e. The highest BCUT2D eigenvalue weighted by Gasteiger charge is 2.10. The summed E-state index contributed by atoms with van der Waals surface area (Å²) in [5.74, 6) is 0. The Bertz CT molecular complexity index is 896. The second kappa shape index (κ2) is 8.17. The van der Waals surface area contributed by atoms with Crippen molar-refractivity contribution in [2.24, 2.45) is 0 Å². The number of anilines is 2. The molecule has 0 aliphatic carbocycles. The van der Waals surface area contributed by atoms with Gasteiger partial charge in [0.15, 0.2) is 0 Å². The number of benzene rings is 2. The number of aryl methyl sites for hydroxylation is 2. The summed E-state index contributed by atoms with van der Waals surface area (Å²) in [7, 11) is 0. The number of urea groups is 1. The van der Waals surface area contributed by atoms with Crippen molar-refractivity contribution in [2.45, 2.75) is 12.8 Å². The quantitative estimate of drug-likeness (QED) is 0.506. The number of carbonyl (C=O) groups is 1. The average molecular weight is 369 g/mol. The maximum atomic E-state index is 12.0. The number of non-ortho nitro benzene ring substituents is 1. The highest BCUT2D eigenvalue weighted by molar-refractivity contribution is 7.15. The monoisotopic (exact) mass is 369 g/mol. The van der Waals surface area contributed by atoms with Gasteiger partial charge in [0.25, 0.3) is 5.69 Å².